The van der Waals surface area contributed by atoms with E-state index in [0.29, 0.717) is 76.2 Å². The summed E-state index contributed by atoms with van der Waals surface area (Å²) in [6, 6.07) is 13.5. The van der Waals surface area contributed by atoms with Gasteiger partial charge in [-0.25, -0.2) is 0 Å². The topological polar surface area (TPSA) is 537 Å². The molecule has 5 heterocycles. The summed E-state index contributed by atoms with van der Waals surface area (Å²) in [7, 11) is 1.29. The first kappa shape index (κ1) is 91.8. The zero-order valence-electron chi connectivity index (χ0n) is 68.7. The number of amides is 12. The number of Topliss-reactive ketones (excluding diaryl/α,β-unsaturated/α-hetero) is 2. The number of nitrogens with two attached hydrogens (primary N) is 4. The molecule has 0 aliphatic carbocycles. The van der Waals surface area contributed by atoms with Gasteiger partial charge in [0.1, 0.15) is 59.9 Å². The van der Waals surface area contributed by atoms with Crippen molar-refractivity contribution in [3.05, 3.63) is 138 Å². The molecule has 9 rings (SSSR count). The van der Waals surface area contributed by atoms with E-state index < -0.39 is 192 Å². The first-order valence-electron chi connectivity index (χ1n) is 41.5. The number of fused-ring (bicyclic) bond motifs is 3. The van der Waals surface area contributed by atoms with Gasteiger partial charge in [0, 0.05) is 118 Å². The number of aromatic amines is 2. The van der Waals surface area contributed by atoms with Gasteiger partial charge in [0.25, 0.3) is 11.8 Å². The number of hydrogen-bond donors (Lipinski definition) is 17. The van der Waals surface area contributed by atoms with Gasteiger partial charge < -0.3 is 101 Å². The molecule has 12 amide bonds. The quantitative estimate of drug-likeness (QED) is 0.0167. The Morgan fingerprint density at radius 1 is 0.508 bits per heavy atom. The van der Waals surface area contributed by atoms with Gasteiger partial charge in [-0.2, -0.15) is 0 Å². The molecule has 0 unspecified atom stereocenters. The van der Waals surface area contributed by atoms with Crippen LogP contribution in [0.25, 0.3) is 21.8 Å². The van der Waals surface area contributed by atoms with E-state index in [1.807, 2.05) is 12.1 Å². The summed E-state index contributed by atoms with van der Waals surface area (Å²) in [6.07, 6.45) is 3.43. The van der Waals surface area contributed by atoms with E-state index in [4.69, 9.17) is 28.3 Å². The fourth-order valence-corrected chi connectivity index (χ4v) is 15.7. The third kappa shape index (κ3) is 25.7. The highest BCUT2D eigenvalue weighted by molar-refractivity contribution is 6.09. The molecule has 0 bridgehead atoms. The van der Waals surface area contributed by atoms with Crippen molar-refractivity contribution < 1.29 is 72.2 Å². The van der Waals surface area contributed by atoms with Crippen molar-refractivity contribution in [2.24, 2.45) is 40.7 Å². The van der Waals surface area contributed by atoms with Crippen molar-refractivity contribution in [3.63, 3.8) is 0 Å². The van der Waals surface area contributed by atoms with Gasteiger partial charge in [-0.15, -0.1) is 0 Å². The van der Waals surface area contributed by atoms with Crippen molar-refractivity contribution >= 4 is 110 Å². The molecule has 34 nitrogen and oxygen atoms in total. The van der Waals surface area contributed by atoms with Crippen LogP contribution in [0.4, 0.5) is 0 Å². The third-order valence-electron chi connectivity index (χ3n) is 22.7. The fourth-order valence-electron chi connectivity index (χ4n) is 15.7. The molecule has 34 heteroatoms. The highest BCUT2D eigenvalue weighted by atomic mass is 16.3. The molecule has 3 saturated heterocycles. The second kappa shape index (κ2) is 44.6. The van der Waals surface area contributed by atoms with Crippen molar-refractivity contribution in [3.8, 4) is 5.75 Å². The van der Waals surface area contributed by atoms with Crippen LogP contribution in [-0.4, -0.2) is 225 Å². The molecule has 0 spiro atoms. The van der Waals surface area contributed by atoms with Gasteiger partial charge in [-0.3, -0.25) is 72.5 Å². The molecule has 2 aromatic heterocycles. The number of phenols is 1. The summed E-state index contributed by atoms with van der Waals surface area (Å²) >= 11 is 0. The molecule has 3 aliphatic rings. The molecular formula is C86H117N19O15. The average Bonchev–Trinajstić information content (AvgIpc) is 1.65. The predicted octanol–water partition coefficient (Wildman–Crippen LogP) is 1.57. The molecule has 21 N–H and O–H groups in total. The van der Waals surface area contributed by atoms with Gasteiger partial charge in [0.05, 0.1) is 6.04 Å². The van der Waals surface area contributed by atoms with Gasteiger partial charge in [0.15, 0.2) is 17.8 Å². The Labute approximate surface area is 697 Å². The normalized spacial score (nSPS) is 23.8. The van der Waals surface area contributed by atoms with Crippen molar-refractivity contribution in [2.45, 2.75) is 210 Å². The summed E-state index contributed by atoms with van der Waals surface area (Å²) in [5, 5.41) is 44.6. The number of rotatable bonds is 25. The lowest BCUT2D eigenvalue weighted by Gasteiger charge is -2.33. The number of likely N-dealkylation sites (tertiary alicyclic amines) is 1. The van der Waals surface area contributed by atoms with Gasteiger partial charge in [-0.1, -0.05) is 99.1 Å². The SMILES string of the molecule is CC(C)[C@@H]1NC(=O)[C@H](Cc2c[nH]c3ccccc23)NC(=O)[C@H](CCCCN)NC(=O)[C@H](Cc2c[nH]c3ccccc23)NC(=O)[C@H](CCC(N)=O)NC(=O)[C@H](CCCNC(=N)N)NC(=O)[C@H](Cc2ccccc2)CC(=O)[C@H](CCCCN)CC(=O)[C@H](C)N(C)C(=O)[C@@H](C(=O)N2CCCC2)NC(=O)[C@@H]2CCCN2C(=O)[C@H](Cc2ccc(O)cc2)NC1=O. The highest BCUT2D eigenvalue weighted by Gasteiger charge is 2.45. The molecule has 3 aliphatic heterocycles. The number of phenolic OH excluding ortho intramolecular Hbond substituents is 1. The predicted molar refractivity (Wildman–Crippen MR) is 449 cm³/mol. The summed E-state index contributed by atoms with van der Waals surface area (Å²) < 4.78 is 0. The lowest BCUT2D eigenvalue weighted by atomic mass is 9.84. The number of nitrogens with zero attached hydrogens (tertiary/aromatic N) is 3. The molecule has 3 fully saturated rings. The van der Waals surface area contributed by atoms with Crippen molar-refractivity contribution in [2.75, 3.05) is 46.3 Å². The maximum atomic E-state index is 15.5. The highest BCUT2D eigenvalue weighted by Crippen LogP contribution is 2.28. The second-order valence-electron chi connectivity index (χ2n) is 31.9. The summed E-state index contributed by atoms with van der Waals surface area (Å²) in [5.41, 5.74) is 26.9. The van der Waals surface area contributed by atoms with Gasteiger partial charge in [0.2, 0.25) is 59.1 Å². The number of ketones is 2. The lowest BCUT2D eigenvalue weighted by Crippen LogP contribution is -2.62. The van der Waals surface area contributed by atoms with E-state index >= 15 is 52.7 Å². The van der Waals surface area contributed by atoms with Crippen LogP contribution < -0.4 is 70.8 Å². The zero-order chi connectivity index (χ0) is 86.7. The number of hydrogen-bond acceptors (Lipinski definition) is 18. The van der Waals surface area contributed by atoms with Crippen LogP contribution in [0.5, 0.6) is 5.75 Å². The van der Waals surface area contributed by atoms with Crippen LogP contribution in [0.1, 0.15) is 146 Å². The second-order valence-corrected chi connectivity index (χ2v) is 31.9. The molecule has 4 aromatic carbocycles. The number of H-pyrrole nitrogens is 2. The average molecular weight is 1660 g/mol. The van der Waals surface area contributed by atoms with E-state index in [1.165, 1.54) is 48.0 Å². The van der Waals surface area contributed by atoms with Crippen LogP contribution in [0.3, 0.4) is 0 Å². The Bertz CT molecular complexity index is 4600. The number of aromatic nitrogens is 2. The van der Waals surface area contributed by atoms with Crippen LogP contribution >= 0.6 is 0 Å². The molecule has 120 heavy (non-hydrogen) atoms. The van der Waals surface area contributed by atoms with E-state index in [9.17, 15) is 19.5 Å². The number of carbonyl (C=O) groups excluding carboxylic acids is 14. The first-order chi connectivity index (χ1) is 57.5. The minimum Gasteiger partial charge on any atom is -0.508 e. The molecular weight excluding hydrogens is 1540 g/mol. The lowest BCUT2D eigenvalue weighted by molar-refractivity contribution is -0.149. The minimum absolute atomic E-state index is 0.0195. The van der Waals surface area contributed by atoms with E-state index in [0.717, 1.165) is 4.90 Å². The minimum atomic E-state index is -1.93. The van der Waals surface area contributed by atoms with E-state index in [2.05, 4.69) is 57.8 Å². The third-order valence-corrected chi connectivity index (χ3v) is 22.7. The molecule has 646 valence electrons. The number of nitrogens with one attached hydrogen (secondary N) is 12. The van der Waals surface area contributed by atoms with E-state index in [-0.39, 0.29) is 116 Å². The van der Waals surface area contributed by atoms with Crippen LogP contribution in [0.15, 0.2) is 116 Å². The van der Waals surface area contributed by atoms with Gasteiger partial charge in [-0.05, 0) is 156 Å². The van der Waals surface area contributed by atoms with Crippen molar-refractivity contribution in [1.29, 1.82) is 5.41 Å². The zero-order valence-corrected chi connectivity index (χ0v) is 68.7. The number of unbranched alkanes of at least 4 members (excludes halogenated alkanes) is 2. The number of likely N-dealkylation sites (N-methyl/N-ethyl adjacent to an activating group) is 1. The first-order valence-corrected chi connectivity index (χ1v) is 41.5. The Kier molecular flexibility index (Phi) is 34.2. The Hall–Kier alpha value is -12.1. The molecule has 0 radical (unpaired) electrons. The number of para-hydroxylation sites is 2. The number of carbonyl (C=O) groups is 14. The number of guanidine groups is 1. The maximum Gasteiger partial charge on any atom is 0.255 e. The standard InChI is InChI=1S/C86H117N19O15/c1-50(2)73-82(117)100-68(43-53-30-32-58(106)33-31-53)83(118)105-41-19-29-69(105)81(116)102-74(85(120)104-39-16-17-40-104)84(119)103(4)51(3)70(107)46-54(22-12-14-36-87)71(108)47-55(42-52-20-6-5-7-21-52)75(110)95-64(28-18-38-92-86(90)91)76(111)97-65(34-35-72(89)109)78(113)98-66(44-56-48-93-61-25-10-8-23-59(56)61)79(114)96-63(27-13-15-37-88)77(112)99-67(80(115)101-73)45-57-49-94-62-26-11-9-24-60(57)62/h5-11,20-21,23-26,30-33,48-51,54-55,63-69,73-74,93-94,106H,12-19,22,27-29,34-47,87-88H2,1-4H3,(H2,89,109)(H,95,110)(H,96,114)(H,97,111)(H,98,113)(H,99,112)(H,100,117)(H,101,115)(H,102,116)(H4,90,91,92)/t51-,54+,55+,63-,64-,65-,66-,67-,68-,69-,73-,74-/m0/s1. The fraction of sp³-hybridized carbons (Fsp3) is 0.500. The Morgan fingerprint density at radius 2 is 1.01 bits per heavy atom. The van der Waals surface area contributed by atoms with Crippen LogP contribution in [-0.2, 0) is 92.8 Å². The van der Waals surface area contributed by atoms with E-state index in [1.54, 1.807) is 93.0 Å². The number of aromatic hydroxyl groups is 1. The molecule has 12 atom stereocenters. The summed E-state index contributed by atoms with van der Waals surface area (Å²) in [4.78, 5) is 221. The van der Waals surface area contributed by atoms with Gasteiger partial charge >= 0.3 is 0 Å². The van der Waals surface area contributed by atoms with Crippen LogP contribution in [0.2, 0.25) is 0 Å². The summed E-state index contributed by atoms with van der Waals surface area (Å²) in [6.45, 7) is 5.58. The largest absolute Gasteiger partial charge is 0.508 e. The maximum absolute atomic E-state index is 15.5. The Morgan fingerprint density at radius 3 is 1.57 bits per heavy atom. The van der Waals surface area contributed by atoms with Crippen molar-refractivity contribution in [1.82, 2.24) is 72.5 Å². The monoisotopic (exact) mass is 1660 g/mol. The number of primary amides is 1. The van der Waals surface area contributed by atoms with Crippen LogP contribution in [0, 0.1) is 23.2 Å². The Balaban J connectivity index is 1.14. The molecule has 0 saturated carbocycles. The summed E-state index contributed by atoms with van der Waals surface area (Å²) in [5.74, 6) is -15.3. The smallest absolute Gasteiger partial charge is 0.255 e. The molecule has 6 aromatic rings. The number of benzene rings is 4.